The number of carbonyl (C=O) groups excluding carboxylic acids is 2. The molecule has 0 unspecified atom stereocenters. The molecule has 0 aliphatic carbocycles. The molecule has 0 heterocycles. The van der Waals surface area contributed by atoms with E-state index in [2.05, 4.69) is 0 Å². The lowest BCUT2D eigenvalue weighted by atomic mass is 10.1. The zero-order valence-electron chi connectivity index (χ0n) is 10.2. The summed E-state index contributed by atoms with van der Waals surface area (Å²) in [5.41, 5.74) is 0.553. The molecular formula is C15H11FO3. The summed E-state index contributed by atoms with van der Waals surface area (Å²) in [6.07, 6.45) is 0. The van der Waals surface area contributed by atoms with E-state index in [1.165, 1.54) is 37.3 Å². The van der Waals surface area contributed by atoms with Crippen LogP contribution in [0.5, 0.6) is 5.75 Å². The first kappa shape index (κ1) is 13.0. The van der Waals surface area contributed by atoms with E-state index in [1.54, 1.807) is 18.2 Å². The zero-order valence-corrected chi connectivity index (χ0v) is 10.2. The van der Waals surface area contributed by atoms with Crippen molar-refractivity contribution in [3.8, 4) is 5.75 Å². The van der Waals surface area contributed by atoms with Gasteiger partial charge in [-0.2, -0.15) is 0 Å². The van der Waals surface area contributed by atoms with Gasteiger partial charge in [-0.1, -0.05) is 12.1 Å². The zero-order chi connectivity index (χ0) is 13.8. The van der Waals surface area contributed by atoms with E-state index in [9.17, 15) is 14.0 Å². The fraction of sp³-hybridized carbons (Fsp3) is 0.0667. The summed E-state index contributed by atoms with van der Waals surface area (Å²) in [6.45, 7) is 1.39. The van der Waals surface area contributed by atoms with Gasteiger partial charge in [0.15, 0.2) is 5.78 Å². The number of halogens is 1. The molecule has 0 fully saturated rings. The van der Waals surface area contributed by atoms with E-state index in [1.807, 2.05) is 0 Å². The Hall–Kier alpha value is -2.49. The first-order valence-electron chi connectivity index (χ1n) is 5.65. The van der Waals surface area contributed by atoms with Crippen molar-refractivity contribution in [3.05, 3.63) is 65.5 Å². The molecule has 2 rings (SSSR count). The highest BCUT2D eigenvalue weighted by Gasteiger charge is 2.13. The minimum Gasteiger partial charge on any atom is -0.422 e. The molecule has 19 heavy (non-hydrogen) atoms. The molecule has 0 N–H and O–H groups in total. The van der Waals surface area contributed by atoms with Crippen LogP contribution in [0, 0.1) is 5.82 Å². The highest BCUT2D eigenvalue weighted by atomic mass is 19.1. The summed E-state index contributed by atoms with van der Waals surface area (Å²) in [6, 6.07) is 11.5. The molecule has 0 aliphatic heterocycles. The lowest BCUT2D eigenvalue weighted by Crippen LogP contribution is -2.10. The number of rotatable bonds is 3. The summed E-state index contributed by atoms with van der Waals surface area (Å²) in [4.78, 5) is 23.2. The molecule has 0 bridgehead atoms. The monoisotopic (exact) mass is 258 g/mol. The van der Waals surface area contributed by atoms with Crippen molar-refractivity contribution in [1.29, 1.82) is 0 Å². The van der Waals surface area contributed by atoms with Gasteiger partial charge in [0.05, 0.1) is 11.1 Å². The number of esters is 1. The molecule has 0 aromatic heterocycles. The predicted molar refractivity (Wildman–Crippen MR) is 67.8 cm³/mol. The first-order chi connectivity index (χ1) is 9.08. The lowest BCUT2D eigenvalue weighted by molar-refractivity contribution is 0.0733. The van der Waals surface area contributed by atoms with Crippen LogP contribution in [0.15, 0.2) is 48.5 Å². The van der Waals surface area contributed by atoms with Crippen LogP contribution < -0.4 is 4.74 Å². The van der Waals surface area contributed by atoms with Gasteiger partial charge in [0.1, 0.15) is 11.6 Å². The minimum atomic E-state index is -0.631. The van der Waals surface area contributed by atoms with Crippen LogP contribution in [0.1, 0.15) is 27.6 Å². The molecule has 4 heteroatoms. The third-order valence-electron chi connectivity index (χ3n) is 2.55. The van der Waals surface area contributed by atoms with Gasteiger partial charge in [-0.05, 0) is 43.3 Å². The predicted octanol–water partition coefficient (Wildman–Crippen LogP) is 3.25. The van der Waals surface area contributed by atoms with Gasteiger partial charge in [-0.25, -0.2) is 9.18 Å². The number of ketones is 1. The smallest absolute Gasteiger partial charge is 0.343 e. The maximum Gasteiger partial charge on any atom is 0.343 e. The molecule has 2 aromatic carbocycles. The SMILES string of the molecule is CC(=O)c1ccccc1OC(=O)c1ccc(F)cc1. The maximum absolute atomic E-state index is 12.8. The molecule has 96 valence electrons. The Labute approximate surface area is 109 Å². The van der Waals surface area contributed by atoms with Gasteiger partial charge in [0.25, 0.3) is 0 Å². The summed E-state index contributed by atoms with van der Waals surface area (Å²) in [5.74, 6) is -1.05. The summed E-state index contributed by atoms with van der Waals surface area (Å²) in [7, 11) is 0. The van der Waals surface area contributed by atoms with E-state index in [4.69, 9.17) is 4.74 Å². The van der Waals surface area contributed by atoms with Crippen LogP contribution in [0.25, 0.3) is 0 Å². The third-order valence-corrected chi connectivity index (χ3v) is 2.55. The van der Waals surface area contributed by atoms with Gasteiger partial charge in [0.2, 0.25) is 0 Å². The minimum absolute atomic E-state index is 0.192. The number of para-hydroxylation sites is 1. The van der Waals surface area contributed by atoms with Crippen molar-refractivity contribution in [1.82, 2.24) is 0 Å². The van der Waals surface area contributed by atoms with Crippen LogP contribution >= 0.6 is 0 Å². The second kappa shape index (κ2) is 5.44. The Morgan fingerprint density at radius 1 is 1.00 bits per heavy atom. The maximum atomic E-state index is 12.8. The molecule has 3 nitrogen and oxygen atoms in total. The Kier molecular flexibility index (Phi) is 3.71. The summed E-state index contributed by atoms with van der Waals surface area (Å²) in [5, 5.41) is 0. The van der Waals surface area contributed by atoms with E-state index in [-0.39, 0.29) is 17.1 Å². The fourth-order valence-electron chi connectivity index (χ4n) is 1.59. The Bertz CT molecular complexity index is 618. The van der Waals surface area contributed by atoms with Crippen molar-refractivity contribution in [2.45, 2.75) is 6.92 Å². The number of carbonyl (C=O) groups is 2. The number of ether oxygens (including phenoxy) is 1. The standard InChI is InChI=1S/C15H11FO3/c1-10(17)13-4-2-3-5-14(13)19-15(18)11-6-8-12(16)9-7-11/h2-9H,1H3. The van der Waals surface area contributed by atoms with Gasteiger partial charge in [-0.3, -0.25) is 4.79 Å². The molecule has 0 aliphatic rings. The fourth-order valence-corrected chi connectivity index (χ4v) is 1.59. The quantitative estimate of drug-likeness (QED) is 0.482. The highest BCUT2D eigenvalue weighted by Crippen LogP contribution is 2.19. The van der Waals surface area contributed by atoms with Gasteiger partial charge in [-0.15, -0.1) is 0 Å². The third kappa shape index (κ3) is 3.04. The number of hydrogen-bond acceptors (Lipinski definition) is 3. The Balaban J connectivity index is 2.24. The van der Waals surface area contributed by atoms with Gasteiger partial charge in [0, 0.05) is 0 Å². The van der Waals surface area contributed by atoms with Gasteiger partial charge >= 0.3 is 5.97 Å². The second-order valence-corrected chi connectivity index (χ2v) is 3.95. The van der Waals surface area contributed by atoms with Crippen molar-refractivity contribution in [3.63, 3.8) is 0 Å². The van der Waals surface area contributed by atoms with Crippen LogP contribution in [0.2, 0.25) is 0 Å². The van der Waals surface area contributed by atoms with Crippen molar-refractivity contribution in [2.75, 3.05) is 0 Å². The van der Waals surface area contributed by atoms with Crippen LogP contribution in [0.4, 0.5) is 4.39 Å². The molecule has 0 radical (unpaired) electrons. The van der Waals surface area contributed by atoms with Crippen LogP contribution in [-0.2, 0) is 0 Å². The summed E-state index contributed by atoms with van der Waals surface area (Å²) < 4.78 is 17.9. The highest BCUT2D eigenvalue weighted by molar-refractivity contribution is 5.98. The van der Waals surface area contributed by atoms with Crippen molar-refractivity contribution in [2.24, 2.45) is 0 Å². The average Bonchev–Trinajstić information content (AvgIpc) is 2.39. The van der Waals surface area contributed by atoms with E-state index in [0.717, 1.165) is 0 Å². The Morgan fingerprint density at radius 3 is 2.26 bits per heavy atom. The molecule has 0 amide bonds. The molecule has 2 aromatic rings. The normalized spacial score (nSPS) is 10.0. The number of Topliss-reactive ketones (excluding diaryl/α,β-unsaturated/α-hetero) is 1. The van der Waals surface area contributed by atoms with Crippen molar-refractivity contribution >= 4 is 11.8 Å². The molecule has 0 saturated carbocycles. The molecular weight excluding hydrogens is 247 g/mol. The van der Waals surface area contributed by atoms with Gasteiger partial charge < -0.3 is 4.74 Å². The molecule has 0 saturated heterocycles. The topological polar surface area (TPSA) is 43.4 Å². The molecule has 0 spiro atoms. The Morgan fingerprint density at radius 2 is 1.63 bits per heavy atom. The van der Waals surface area contributed by atoms with Crippen LogP contribution in [0.3, 0.4) is 0 Å². The van der Waals surface area contributed by atoms with Crippen molar-refractivity contribution < 1.29 is 18.7 Å². The van der Waals surface area contributed by atoms with E-state index >= 15 is 0 Å². The largest absolute Gasteiger partial charge is 0.422 e. The number of benzene rings is 2. The second-order valence-electron chi connectivity index (χ2n) is 3.95. The number of hydrogen-bond donors (Lipinski definition) is 0. The van der Waals surface area contributed by atoms with E-state index < -0.39 is 11.8 Å². The van der Waals surface area contributed by atoms with E-state index in [0.29, 0.717) is 5.56 Å². The molecule has 0 atom stereocenters. The lowest BCUT2D eigenvalue weighted by Gasteiger charge is -2.07. The summed E-state index contributed by atoms with van der Waals surface area (Å²) >= 11 is 0. The first-order valence-corrected chi connectivity index (χ1v) is 5.65. The van der Waals surface area contributed by atoms with Crippen LogP contribution in [-0.4, -0.2) is 11.8 Å². The average molecular weight is 258 g/mol.